The Morgan fingerprint density at radius 2 is 1.58 bits per heavy atom. The number of hydrogen-bond acceptors (Lipinski definition) is 6. The highest BCUT2D eigenvalue weighted by atomic mass is 79.9. The molecular weight excluding hydrogens is 454 g/mol. The average molecular weight is 464 g/mol. The Morgan fingerprint density at radius 1 is 1.00 bits per heavy atom. The molecule has 2 rings (SSSR count). The maximum Gasteiger partial charge on any atom is 0.295 e. The Morgan fingerprint density at radius 3 is 2.12 bits per heavy atom. The van der Waals surface area contributed by atoms with Crippen molar-refractivity contribution in [3.05, 3.63) is 63.7 Å². The zero-order valence-corrected chi connectivity index (χ0v) is 15.8. The molecule has 138 valence electrons. The molecule has 0 aromatic heterocycles. The molecule has 0 saturated carbocycles. The third kappa shape index (κ3) is 4.53. The molecule has 2 aromatic carbocycles. The second-order valence-corrected chi connectivity index (χ2v) is 8.55. The molecule has 0 heterocycles. The zero-order valence-electron chi connectivity index (χ0n) is 12.6. The van der Waals surface area contributed by atoms with Crippen molar-refractivity contribution in [2.24, 2.45) is 0 Å². The number of rotatable bonds is 5. The van der Waals surface area contributed by atoms with Crippen molar-refractivity contribution in [1.29, 1.82) is 0 Å². The van der Waals surface area contributed by atoms with Crippen LogP contribution in [-0.4, -0.2) is 30.9 Å². The van der Waals surface area contributed by atoms with Crippen LogP contribution in [0.1, 0.15) is 11.1 Å². The lowest BCUT2D eigenvalue weighted by molar-refractivity contribution is -0.385. The predicted octanol–water partition coefficient (Wildman–Crippen LogP) is 2.98. The molecule has 2 N–H and O–H groups in total. The number of nitro groups is 1. The van der Waals surface area contributed by atoms with E-state index >= 15 is 0 Å². The van der Waals surface area contributed by atoms with E-state index < -0.39 is 40.6 Å². The zero-order chi connectivity index (χ0) is 19.7. The number of halogens is 1. The first kappa shape index (κ1) is 20.2. The fourth-order valence-corrected chi connectivity index (χ4v) is 4.21. The molecule has 0 aliphatic rings. The van der Waals surface area contributed by atoms with Gasteiger partial charge in [0, 0.05) is 22.2 Å². The maximum atomic E-state index is 11.6. The molecular formula is C14H10BrNO8S2. The first-order valence-electron chi connectivity index (χ1n) is 6.61. The summed E-state index contributed by atoms with van der Waals surface area (Å²) in [4.78, 5) is 8.83. The molecule has 26 heavy (non-hydrogen) atoms. The van der Waals surface area contributed by atoms with Crippen LogP contribution < -0.4 is 0 Å². The Labute approximate surface area is 156 Å². The minimum atomic E-state index is -4.81. The van der Waals surface area contributed by atoms with E-state index in [1.165, 1.54) is 24.3 Å². The third-order valence-corrected chi connectivity index (χ3v) is 5.67. The number of non-ortho nitro benzene ring substituents is 1. The molecule has 0 unspecified atom stereocenters. The van der Waals surface area contributed by atoms with Crippen LogP contribution in [0.3, 0.4) is 0 Å². The molecule has 0 aliphatic carbocycles. The van der Waals surface area contributed by atoms with Crippen LogP contribution in [0.4, 0.5) is 5.69 Å². The van der Waals surface area contributed by atoms with E-state index in [2.05, 4.69) is 15.9 Å². The summed E-state index contributed by atoms with van der Waals surface area (Å²) in [6.45, 7) is 0. The highest BCUT2D eigenvalue weighted by Crippen LogP contribution is 2.33. The van der Waals surface area contributed by atoms with E-state index in [1.54, 1.807) is 0 Å². The molecule has 0 saturated heterocycles. The van der Waals surface area contributed by atoms with Crippen LogP contribution in [0, 0.1) is 10.1 Å². The number of benzene rings is 2. The van der Waals surface area contributed by atoms with Crippen LogP contribution in [0.5, 0.6) is 0 Å². The summed E-state index contributed by atoms with van der Waals surface area (Å²) in [5.41, 5.74) is -0.662. The Balaban J connectivity index is 2.70. The van der Waals surface area contributed by atoms with E-state index in [0.717, 1.165) is 18.2 Å². The van der Waals surface area contributed by atoms with Crippen LogP contribution in [0.2, 0.25) is 0 Å². The van der Waals surface area contributed by atoms with Gasteiger partial charge in [-0.15, -0.1) is 0 Å². The minimum absolute atomic E-state index is 0.0103. The normalized spacial score (nSPS) is 12.8. The van der Waals surface area contributed by atoms with Gasteiger partial charge < -0.3 is 0 Å². The lowest BCUT2D eigenvalue weighted by Gasteiger charge is -2.08. The van der Waals surface area contributed by atoms with E-state index in [-0.39, 0.29) is 15.6 Å². The van der Waals surface area contributed by atoms with Gasteiger partial charge in [0.05, 0.1) is 4.92 Å². The summed E-state index contributed by atoms with van der Waals surface area (Å²) >= 11 is 3.07. The van der Waals surface area contributed by atoms with Gasteiger partial charge in [0.25, 0.3) is 25.9 Å². The minimum Gasteiger partial charge on any atom is -0.282 e. The van der Waals surface area contributed by atoms with Gasteiger partial charge in [-0.2, -0.15) is 16.8 Å². The summed E-state index contributed by atoms with van der Waals surface area (Å²) < 4.78 is 64.6. The van der Waals surface area contributed by atoms with Gasteiger partial charge in [0.2, 0.25) is 0 Å². The second kappa shape index (κ2) is 7.25. The van der Waals surface area contributed by atoms with Crippen LogP contribution in [-0.2, 0) is 20.2 Å². The lowest BCUT2D eigenvalue weighted by Crippen LogP contribution is -2.03. The molecule has 0 radical (unpaired) electrons. The fourth-order valence-electron chi connectivity index (χ4n) is 2.08. The third-order valence-electron chi connectivity index (χ3n) is 3.19. The molecule has 0 amide bonds. The summed E-state index contributed by atoms with van der Waals surface area (Å²) in [6.07, 6.45) is 1.19. The number of hydrogen-bond donors (Lipinski definition) is 2. The molecule has 0 spiro atoms. The van der Waals surface area contributed by atoms with Gasteiger partial charge in [-0.05, 0) is 23.8 Å². The van der Waals surface area contributed by atoms with Crippen molar-refractivity contribution >= 4 is 52.4 Å². The highest BCUT2D eigenvalue weighted by molar-refractivity contribution is 9.15. The van der Waals surface area contributed by atoms with Crippen molar-refractivity contribution in [1.82, 2.24) is 0 Å². The smallest absolute Gasteiger partial charge is 0.282 e. The van der Waals surface area contributed by atoms with Gasteiger partial charge >= 0.3 is 0 Å². The summed E-state index contributed by atoms with van der Waals surface area (Å²) in [7, 11) is -9.35. The monoisotopic (exact) mass is 463 g/mol. The van der Waals surface area contributed by atoms with Gasteiger partial charge in [0.15, 0.2) is 0 Å². The van der Waals surface area contributed by atoms with Gasteiger partial charge in [-0.1, -0.05) is 34.1 Å². The standard InChI is InChI=1S/C14H10BrNO8S2/c15-12(7-9-3-1-2-4-13(9)25(19,20)21)11-6-5-10(16(17)18)8-14(11)26(22,23)24/h1-8H,(H,19,20,21)(H,22,23,24)/b12-7+. The SMILES string of the molecule is O=[N+]([O-])c1ccc(/C(Br)=C\c2ccccc2S(=O)(=O)O)c(S(=O)(=O)O)c1. The van der Waals surface area contributed by atoms with Crippen molar-refractivity contribution < 1.29 is 30.9 Å². The summed E-state index contributed by atoms with van der Waals surface area (Å²) in [5, 5.41) is 10.8. The Hall–Kier alpha value is -2.12. The number of nitro benzene ring substituents is 1. The molecule has 0 fully saturated rings. The van der Waals surface area contributed by atoms with E-state index in [0.29, 0.717) is 6.07 Å². The largest absolute Gasteiger partial charge is 0.295 e. The van der Waals surface area contributed by atoms with Crippen LogP contribution in [0.25, 0.3) is 10.6 Å². The Bertz CT molecular complexity index is 1120. The molecule has 12 heteroatoms. The van der Waals surface area contributed by atoms with Crippen molar-refractivity contribution in [3.8, 4) is 0 Å². The van der Waals surface area contributed by atoms with Gasteiger partial charge in [0.1, 0.15) is 9.79 Å². The predicted molar refractivity (Wildman–Crippen MR) is 96.0 cm³/mol. The lowest BCUT2D eigenvalue weighted by atomic mass is 10.1. The van der Waals surface area contributed by atoms with E-state index in [1.807, 2.05) is 0 Å². The Kier molecular flexibility index (Phi) is 5.63. The van der Waals surface area contributed by atoms with Crippen LogP contribution >= 0.6 is 15.9 Å². The van der Waals surface area contributed by atoms with Crippen LogP contribution in [0.15, 0.2) is 52.3 Å². The average Bonchev–Trinajstić information content (AvgIpc) is 2.52. The molecule has 0 bridgehead atoms. The first-order chi connectivity index (χ1) is 11.9. The van der Waals surface area contributed by atoms with Crippen molar-refractivity contribution in [3.63, 3.8) is 0 Å². The van der Waals surface area contributed by atoms with Gasteiger partial charge in [-0.25, -0.2) is 0 Å². The second-order valence-electron chi connectivity index (χ2n) is 4.92. The summed E-state index contributed by atoms with van der Waals surface area (Å²) in [5.74, 6) is 0. The molecule has 2 aromatic rings. The van der Waals surface area contributed by atoms with Crippen molar-refractivity contribution in [2.75, 3.05) is 0 Å². The van der Waals surface area contributed by atoms with E-state index in [4.69, 9.17) is 0 Å². The number of nitrogens with zero attached hydrogens (tertiary/aromatic N) is 1. The molecule has 0 atom stereocenters. The maximum absolute atomic E-state index is 11.6. The van der Waals surface area contributed by atoms with Crippen molar-refractivity contribution in [2.45, 2.75) is 9.79 Å². The first-order valence-corrected chi connectivity index (χ1v) is 10.3. The summed E-state index contributed by atoms with van der Waals surface area (Å²) in [6, 6.07) is 8.13. The molecule has 0 aliphatic heterocycles. The van der Waals surface area contributed by atoms with E-state index in [9.17, 15) is 36.1 Å². The van der Waals surface area contributed by atoms with Gasteiger partial charge in [-0.3, -0.25) is 19.2 Å². The topological polar surface area (TPSA) is 152 Å². The quantitative estimate of drug-likeness (QED) is 0.297. The highest BCUT2D eigenvalue weighted by Gasteiger charge is 2.22. The fraction of sp³-hybridized carbons (Fsp3) is 0. The molecule has 9 nitrogen and oxygen atoms in total.